The van der Waals surface area contributed by atoms with Crippen molar-refractivity contribution in [2.75, 3.05) is 25.6 Å². The molecule has 2 N–H and O–H groups in total. The first-order chi connectivity index (χ1) is 8.04. The Hall–Kier alpha value is -0.260. The number of ether oxygens (including phenoxy) is 1. The molecule has 0 aliphatic heterocycles. The largest absolute Gasteiger partial charge is 0.383 e. The summed E-state index contributed by atoms with van der Waals surface area (Å²) < 4.78 is 4.89. The van der Waals surface area contributed by atoms with Crippen LogP contribution in [0.15, 0.2) is 12.1 Å². The molecule has 0 amide bonds. The van der Waals surface area contributed by atoms with Crippen molar-refractivity contribution in [3.05, 3.63) is 27.2 Å². The van der Waals surface area contributed by atoms with Crippen molar-refractivity contribution in [2.24, 2.45) is 0 Å². The lowest BCUT2D eigenvalue weighted by molar-refractivity contribution is 0.204. The number of anilines is 1. The minimum absolute atomic E-state index is 0.403. The van der Waals surface area contributed by atoms with Crippen LogP contribution in [-0.4, -0.2) is 25.4 Å². The van der Waals surface area contributed by atoms with Crippen molar-refractivity contribution in [1.82, 2.24) is 5.32 Å². The second-order valence-corrected chi connectivity index (χ2v) is 4.75. The Bertz CT molecular complexity index is 415. The first-order valence-electron chi connectivity index (χ1n) is 4.73. The van der Waals surface area contributed by atoms with Crippen LogP contribution in [0.3, 0.4) is 0 Å². The summed E-state index contributed by atoms with van der Waals surface area (Å²) in [6.07, 6.45) is 0. The van der Waals surface area contributed by atoms with E-state index in [9.17, 15) is 0 Å². The average molecular weight is 314 g/mol. The van der Waals surface area contributed by atoms with E-state index in [-0.39, 0.29) is 0 Å². The molecule has 3 nitrogen and oxygen atoms in total. The maximum atomic E-state index is 5.99. The third-order valence-electron chi connectivity index (χ3n) is 1.85. The summed E-state index contributed by atoms with van der Waals surface area (Å²) in [5, 5.41) is 7.60. The summed E-state index contributed by atoms with van der Waals surface area (Å²) in [7, 11) is 1.62. The van der Waals surface area contributed by atoms with Crippen LogP contribution in [0.4, 0.5) is 5.69 Å². The van der Waals surface area contributed by atoms with Gasteiger partial charge in [0.25, 0.3) is 0 Å². The molecule has 0 fully saturated rings. The molecule has 0 saturated carbocycles. The zero-order valence-electron chi connectivity index (χ0n) is 9.02. The molecule has 1 aromatic rings. The van der Waals surface area contributed by atoms with Crippen LogP contribution in [0.5, 0.6) is 0 Å². The summed E-state index contributed by atoms with van der Waals surface area (Å²) in [6.45, 7) is 1.18. The van der Waals surface area contributed by atoms with E-state index in [1.54, 1.807) is 19.2 Å². The standard InChI is InChI=1S/C10H11Cl3N2OS/c1-16-3-2-14-10(17)15-9-5-7(12)6(11)4-8(9)13/h4-5H,2-3H2,1H3,(H2,14,15,17). The van der Waals surface area contributed by atoms with Crippen LogP contribution in [0, 0.1) is 0 Å². The molecule has 0 aromatic heterocycles. The lowest BCUT2D eigenvalue weighted by atomic mass is 10.3. The van der Waals surface area contributed by atoms with Gasteiger partial charge in [0, 0.05) is 13.7 Å². The van der Waals surface area contributed by atoms with E-state index < -0.39 is 0 Å². The average Bonchev–Trinajstić information content (AvgIpc) is 2.26. The highest BCUT2D eigenvalue weighted by atomic mass is 35.5. The normalized spacial score (nSPS) is 10.1. The number of halogens is 3. The summed E-state index contributed by atoms with van der Waals surface area (Å²) in [6, 6.07) is 3.18. The van der Waals surface area contributed by atoms with Crippen LogP contribution in [0.2, 0.25) is 15.1 Å². The van der Waals surface area contributed by atoms with E-state index in [4.69, 9.17) is 51.8 Å². The fourth-order valence-electron chi connectivity index (χ4n) is 1.05. The number of methoxy groups -OCH3 is 1. The number of nitrogens with one attached hydrogen (secondary N) is 2. The predicted molar refractivity (Wildman–Crippen MR) is 77.6 cm³/mol. The fraction of sp³-hybridized carbons (Fsp3) is 0.300. The van der Waals surface area contributed by atoms with Gasteiger partial charge in [-0.15, -0.1) is 0 Å². The molecule has 0 atom stereocenters. The molecular formula is C10H11Cl3N2OS. The number of rotatable bonds is 4. The Labute approximate surface area is 120 Å². The second kappa shape index (κ2) is 7.24. The highest BCUT2D eigenvalue weighted by Gasteiger charge is 2.07. The fourth-order valence-corrected chi connectivity index (χ4v) is 1.86. The van der Waals surface area contributed by atoms with Crippen molar-refractivity contribution < 1.29 is 4.74 Å². The van der Waals surface area contributed by atoms with Crippen LogP contribution >= 0.6 is 47.0 Å². The Morgan fingerprint density at radius 1 is 1.24 bits per heavy atom. The Morgan fingerprint density at radius 3 is 2.53 bits per heavy atom. The van der Waals surface area contributed by atoms with Crippen molar-refractivity contribution in [2.45, 2.75) is 0 Å². The predicted octanol–water partition coefficient (Wildman–Crippen LogP) is 3.58. The van der Waals surface area contributed by atoms with E-state index in [2.05, 4.69) is 10.6 Å². The van der Waals surface area contributed by atoms with Gasteiger partial charge >= 0.3 is 0 Å². The molecule has 17 heavy (non-hydrogen) atoms. The van der Waals surface area contributed by atoms with Gasteiger partial charge in [-0.2, -0.15) is 0 Å². The van der Waals surface area contributed by atoms with Gasteiger partial charge in [-0.25, -0.2) is 0 Å². The SMILES string of the molecule is COCCNC(=S)Nc1cc(Cl)c(Cl)cc1Cl. The van der Waals surface area contributed by atoms with Gasteiger partial charge in [-0.1, -0.05) is 34.8 Å². The first kappa shape index (κ1) is 14.8. The Balaban J connectivity index is 2.62. The van der Waals surface area contributed by atoms with E-state index in [1.165, 1.54) is 0 Å². The molecule has 0 heterocycles. The van der Waals surface area contributed by atoms with Crippen LogP contribution in [0.25, 0.3) is 0 Å². The quantitative estimate of drug-likeness (QED) is 0.506. The molecule has 1 rings (SSSR count). The molecule has 0 aliphatic rings. The van der Waals surface area contributed by atoms with Gasteiger partial charge in [0.15, 0.2) is 5.11 Å². The van der Waals surface area contributed by atoms with Gasteiger partial charge in [-0.05, 0) is 24.4 Å². The van der Waals surface area contributed by atoms with E-state index in [0.717, 1.165) is 0 Å². The van der Waals surface area contributed by atoms with Crippen molar-refractivity contribution in [3.8, 4) is 0 Å². The van der Waals surface area contributed by atoms with E-state index in [0.29, 0.717) is 39.0 Å². The summed E-state index contributed by atoms with van der Waals surface area (Å²) in [5.41, 5.74) is 0.607. The molecule has 0 spiro atoms. The van der Waals surface area contributed by atoms with Gasteiger partial charge in [0.1, 0.15) is 0 Å². The van der Waals surface area contributed by atoms with Crippen molar-refractivity contribution >= 4 is 57.8 Å². The molecular weight excluding hydrogens is 303 g/mol. The van der Waals surface area contributed by atoms with Gasteiger partial charge < -0.3 is 15.4 Å². The lowest BCUT2D eigenvalue weighted by Gasteiger charge is -2.12. The molecule has 1 aromatic carbocycles. The van der Waals surface area contributed by atoms with E-state index >= 15 is 0 Å². The second-order valence-electron chi connectivity index (χ2n) is 3.12. The number of benzene rings is 1. The van der Waals surface area contributed by atoms with Gasteiger partial charge in [0.05, 0.1) is 27.4 Å². The van der Waals surface area contributed by atoms with Gasteiger partial charge in [0.2, 0.25) is 0 Å². The Morgan fingerprint density at radius 2 is 1.88 bits per heavy atom. The molecule has 0 bridgehead atoms. The number of thiocarbonyl (C=S) groups is 1. The van der Waals surface area contributed by atoms with Crippen LogP contribution < -0.4 is 10.6 Å². The smallest absolute Gasteiger partial charge is 0.170 e. The van der Waals surface area contributed by atoms with Crippen LogP contribution in [0.1, 0.15) is 0 Å². The third kappa shape index (κ3) is 4.85. The minimum Gasteiger partial charge on any atom is -0.383 e. The van der Waals surface area contributed by atoms with E-state index in [1.807, 2.05) is 0 Å². The molecule has 0 unspecified atom stereocenters. The van der Waals surface area contributed by atoms with Crippen molar-refractivity contribution in [1.29, 1.82) is 0 Å². The van der Waals surface area contributed by atoms with Gasteiger partial charge in [-0.3, -0.25) is 0 Å². The highest BCUT2D eigenvalue weighted by Crippen LogP contribution is 2.32. The minimum atomic E-state index is 0.403. The molecule has 0 saturated heterocycles. The van der Waals surface area contributed by atoms with Crippen molar-refractivity contribution in [3.63, 3.8) is 0 Å². The topological polar surface area (TPSA) is 33.3 Å². The number of hydrogen-bond donors (Lipinski definition) is 2. The Kier molecular flexibility index (Phi) is 6.30. The molecule has 0 radical (unpaired) electrons. The molecule has 0 aliphatic carbocycles. The highest BCUT2D eigenvalue weighted by molar-refractivity contribution is 7.80. The monoisotopic (exact) mass is 312 g/mol. The maximum Gasteiger partial charge on any atom is 0.170 e. The molecule has 94 valence electrons. The lowest BCUT2D eigenvalue weighted by Crippen LogP contribution is -2.31. The summed E-state index contributed by atoms with van der Waals surface area (Å²) in [5.74, 6) is 0. The number of hydrogen-bond acceptors (Lipinski definition) is 2. The summed E-state index contributed by atoms with van der Waals surface area (Å²) >= 11 is 22.8. The molecule has 7 heteroatoms. The van der Waals surface area contributed by atoms with Crippen LogP contribution in [-0.2, 0) is 4.74 Å². The zero-order chi connectivity index (χ0) is 12.8. The maximum absolute atomic E-state index is 5.99. The first-order valence-corrected chi connectivity index (χ1v) is 6.27. The zero-order valence-corrected chi connectivity index (χ0v) is 12.1. The third-order valence-corrected chi connectivity index (χ3v) is 3.13. The summed E-state index contributed by atoms with van der Waals surface area (Å²) in [4.78, 5) is 0.